The molecule has 26 heavy (non-hydrogen) atoms. The van der Waals surface area contributed by atoms with Crippen LogP contribution in [0.4, 0.5) is 0 Å². The molecule has 0 saturated heterocycles. The van der Waals surface area contributed by atoms with Crippen molar-refractivity contribution >= 4 is 16.8 Å². The van der Waals surface area contributed by atoms with Crippen molar-refractivity contribution in [1.82, 2.24) is 10.3 Å². The van der Waals surface area contributed by atoms with E-state index in [1.165, 1.54) is 35.0 Å². The maximum absolute atomic E-state index is 12.4. The van der Waals surface area contributed by atoms with Gasteiger partial charge in [0, 0.05) is 28.7 Å². The maximum Gasteiger partial charge on any atom is 0.251 e. The summed E-state index contributed by atoms with van der Waals surface area (Å²) in [6.45, 7) is 3.10. The van der Waals surface area contributed by atoms with Gasteiger partial charge in [0.15, 0.2) is 0 Å². The average Bonchev–Trinajstić information content (AvgIpc) is 3.05. The molecule has 0 radical (unpaired) electrons. The first-order valence-electron chi connectivity index (χ1n) is 9.38. The smallest absolute Gasteiger partial charge is 0.251 e. The lowest BCUT2D eigenvalue weighted by Gasteiger charge is -2.11. The summed E-state index contributed by atoms with van der Waals surface area (Å²) in [5.74, 6) is 0.718. The average molecular weight is 348 g/mol. The second-order valence-corrected chi connectivity index (χ2v) is 6.81. The van der Waals surface area contributed by atoms with E-state index in [1.54, 1.807) is 12.1 Å². The molecule has 0 unspecified atom stereocenters. The molecular weight excluding hydrogens is 324 g/mol. The number of aromatic amines is 1. The Bertz CT molecular complexity index is 925. The van der Waals surface area contributed by atoms with Crippen molar-refractivity contribution in [3.05, 3.63) is 64.8 Å². The third kappa shape index (κ3) is 3.32. The lowest BCUT2D eigenvalue weighted by Crippen LogP contribution is -2.22. The van der Waals surface area contributed by atoms with Crippen LogP contribution in [-0.4, -0.2) is 17.5 Å². The number of carbonyl (C=O) groups excluding carboxylic acids is 1. The van der Waals surface area contributed by atoms with Gasteiger partial charge in [0.25, 0.3) is 5.91 Å². The topological polar surface area (TPSA) is 54.1 Å². The molecule has 1 heterocycles. The SMILES string of the molecule is CCOc1ccc(C(=O)NCc2ccc3[nH]c4c(c3c2)CCCC4)cc1. The molecular formula is C22H24N2O2. The summed E-state index contributed by atoms with van der Waals surface area (Å²) in [5, 5.41) is 4.33. The lowest BCUT2D eigenvalue weighted by molar-refractivity contribution is 0.0951. The third-order valence-corrected chi connectivity index (χ3v) is 5.04. The van der Waals surface area contributed by atoms with Gasteiger partial charge in [0.1, 0.15) is 5.75 Å². The number of fused-ring (bicyclic) bond motifs is 3. The first kappa shape index (κ1) is 16.7. The highest BCUT2D eigenvalue weighted by atomic mass is 16.5. The fourth-order valence-electron chi connectivity index (χ4n) is 3.72. The molecule has 0 bridgehead atoms. The Morgan fingerprint density at radius 3 is 2.73 bits per heavy atom. The highest BCUT2D eigenvalue weighted by Gasteiger charge is 2.15. The Hall–Kier alpha value is -2.75. The molecule has 0 saturated carbocycles. The van der Waals surface area contributed by atoms with Gasteiger partial charge in [-0.2, -0.15) is 0 Å². The molecule has 4 heteroatoms. The van der Waals surface area contributed by atoms with Crippen LogP contribution in [0.25, 0.3) is 10.9 Å². The van der Waals surface area contributed by atoms with Gasteiger partial charge in [-0.15, -0.1) is 0 Å². The maximum atomic E-state index is 12.4. The zero-order valence-electron chi connectivity index (χ0n) is 15.1. The highest BCUT2D eigenvalue weighted by Crippen LogP contribution is 2.29. The summed E-state index contributed by atoms with van der Waals surface area (Å²) in [4.78, 5) is 15.9. The van der Waals surface area contributed by atoms with E-state index in [9.17, 15) is 4.79 Å². The van der Waals surface area contributed by atoms with Gasteiger partial charge in [0.2, 0.25) is 0 Å². The van der Waals surface area contributed by atoms with Crippen molar-refractivity contribution in [1.29, 1.82) is 0 Å². The van der Waals surface area contributed by atoms with Crippen LogP contribution in [0.2, 0.25) is 0 Å². The summed E-state index contributed by atoms with van der Waals surface area (Å²) in [7, 11) is 0. The largest absolute Gasteiger partial charge is 0.494 e. The van der Waals surface area contributed by atoms with Crippen LogP contribution in [0, 0.1) is 0 Å². The van der Waals surface area contributed by atoms with E-state index in [0.29, 0.717) is 18.7 Å². The Morgan fingerprint density at radius 2 is 1.92 bits per heavy atom. The van der Waals surface area contributed by atoms with Crippen molar-refractivity contribution in [3.63, 3.8) is 0 Å². The van der Waals surface area contributed by atoms with E-state index < -0.39 is 0 Å². The highest BCUT2D eigenvalue weighted by molar-refractivity contribution is 5.94. The summed E-state index contributed by atoms with van der Waals surface area (Å²) >= 11 is 0. The van der Waals surface area contributed by atoms with E-state index in [1.807, 2.05) is 19.1 Å². The van der Waals surface area contributed by atoms with E-state index in [2.05, 4.69) is 28.5 Å². The van der Waals surface area contributed by atoms with Gasteiger partial charge in [-0.3, -0.25) is 4.79 Å². The number of aromatic nitrogens is 1. The Balaban J connectivity index is 1.46. The van der Waals surface area contributed by atoms with Crippen molar-refractivity contribution in [2.45, 2.75) is 39.2 Å². The number of benzene rings is 2. The van der Waals surface area contributed by atoms with Crippen LogP contribution >= 0.6 is 0 Å². The first-order valence-corrected chi connectivity index (χ1v) is 9.38. The number of aryl methyl sites for hydroxylation is 2. The minimum absolute atomic E-state index is 0.0655. The number of ether oxygens (including phenoxy) is 1. The van der Waals surface area contributed by atoms with E-state index in [0.717, 1.165) is 24.2 Å². The number of rotatable bonds is 5. The lowest BCUT2D eigenvalue weighted by atomic mass is 9.95. The molecule has 1 aliphatic rings. The fraction of sp³-hybridized carbons (Fsp3) is 0.318. The number of hydrogen-bond donors (Lipinski definition) is 2. The van der Waals surface area contributed by atoms with Crippen LogP contribution in [-0.2, 0) is 19.4 Å². The minimum Gasteiger partial charge on any atom is -0.494 e. The molecule has 4 nitrogen and oxygen atoms in total. The minimum atomic E-state index is -0.0655. The predicted molar refractivity (Wildman–Crippen MR) is 104 cm³/mol. The molecule has 0 aliphatic heterocycles. The quantitative estimate of drug-likeness (QED) is 0.719. The predicted octanol–water partition coefficient (Wildman–Crippen LogP) is 4.38. The molecule has 2 N–H and O–H groups in total. The van der Waals surface area contributed by atoms with Gasteiger partial charge in [-0.05, 0) is 80.1 Å². The molecule has 0 spiro atoms. The van der Waals surface area contributed by atoms with Crippen LogP contribution < -0.4 is 10.1 Å². The second kappa shape index (κ2) is 7.24. The molecule has 0 atom stereocenters. The van der Waals surface area contributed by atoms with Crippen LogP contribution in [0.5, 0.6) is 5.75 Å². The Kier molecular flexibility index (Phi) is 4.65. The van der Waals surface area contributed by atoms with Crippen LogP contribution in [0.15, 0.2) is 42.5 Å². The number of H-pyrrole nitrogens is 1. The summed E-state index contributed by atoms with van der Waals surface area (Å²) in [6.07, 6.45) is 4.83. The third-order valence-electron chi connectivity index (χ3n) is 5.04. The van der Waals surface area contributed by atoms with Crippen LogP contribution in [0.3, 0.4) is 0 Å². The summed E-state index contributed by atoms with van der Waals surface area (Å²) in [5.41, 5.74) is 5.84. The Labute approximate surface area is 153 Å². The summed E-state index contributed by atoms with van der Waals surface area (Å²) in [6, 6.07) is 13.7. The fourth-order valence-corrected chi connectivity index (χ4v) is 3.72. The number of carbonyl (C=O) groups is 1. The molecule has 4 rings (SSSR count). The standard InChI is InChI=1S/C22H24N2O2/c1-2-26-17-10-8-16(9-11-17)22(25)23-14-15-7-12-21-19(13-15)18-5-3-4-6-20(18)24-21/h7-13,24H,2-6,14H2,1H3,(H,23,25). The number of amides is 1. The van der Waals surface area contributed by atoms with E-state index >= 15 is 0 Å². The molecule has 134 valence electrons. The number of hydrogen-bond acceptors (Lipinski definition) is 2. The van der Waals surface area contributed by atoms with Crippen molar-refractivity contribution in [2.24, 2.45) is 0 Å². The normalized spacial score (nSPS) is 13.4. The van der Waals surface area contributed by atoms with Crippen molar-refractivity contribution in [2.75, 3.05) is 6.61 Å². The molecule has 0 fully saturated rings. The van der Waals surface area contributed by atoms with Gasteiger partial charge >= 0.3 is 0 Å². The molecule has 1 amide bonds. The van der Waals surface area contributed by atoms with Crippen molar-refractivity contribution < 1.29 is 9.53 Å². The van der Waals surface area contributed by atoms with E-state index in [4.69, 9.17) is 4.74 Å². The second-order valence-electron chi connectivity index (χ2n) is 6.81. The first-order chi connectivity index (χ1) is 12.7. The van der Waals surface area contributed by atoms with Gasteiger partial charge in [-0.25, -0.2) is 0 Å². The van der Waals surface area contributed by atoms with Gasteiger partial charge in [-0.1, -0.05) is 6.07 Å². The molecule has 2 aromatic carbocycles. The Morgan fingerprint density at radius 1 is 1.12 bits per heavy atom. The van der Waals surface area contributed by atoms with E-state index in [-0.39, 0.29) is 5.91 Å². The molecule has 3 aromatic rings. The monoisotopic (exact) mass is 348 g/mol. The molecule has 1 aliphatic carbocycles. The molecule has 1 aromatic heterocycles. The van der Waals surface area contributed by atoms with Gasteiger partial charge in [0.05, 0.1) is 6.61 Å². The zero-order valence-corrected chi connectivity index (χ0v) is 15.1. The van der Waals surface area contributed by atoms with Crippen LogP contribution in [0.1, 0.15) is 46.9 Å². The number of nitrogens with one attached hydrogen (secondary N) is 2. The zero-order chi connectivity index (χ0) is 17.9. The van der Waals surface area contributed by atoms with Crippen molar-refractivity contribution in [3.8, 4) is 5.75 Å². The summed E-state index contributed by atoms with van der Waals surface area (Å²) < 4.78 is 5.41. The van der Waals surface area contributed by atoms with Gasteiger partial charge < -0.3 is 15.0 Å².